The second-order valence-electron chi connectivity index (χ2n) is 5.43. The molecule has 0 aliphatic rings. The fraction of sp³-hybridized carbons (Fsp3) is 0.304. The molecular weight excluding hydrogens is 602 g/mol. The van der Waals surface area contributed by atoms with Crippen molar-refractivity contribution in [2.24, 2.45) is 0 Å². The van der Waals surface area contributed by atoms with Crippen LogP contribution in [0.3, 0.4) is 0 Å². The van der Waals surface area contributed by atoms with Gasteiger partial charge >= 0.3 is 27.0 Å². The maximum atomic E-state index is 11.0. The van der Waals surface area contributed by atoms with E-state index in [1.807, 2.05) is 70.2 Å². The standard InChI is InChI=1S/C12H14O3.C9H11NOS2.C2H6.W/c1-3-11(15-4-2)9-6-5-7-10(8-9)12(13)14;11-9(7-13-12)10-6-8-4-2-1-3-5-8;1-2;/h3,5-8H,4H2,1-2H3,(H,13,14);1-5H,6-7H2,(H2,10,11,12);1-2H3;/q;;;+2/p-2/b11-3-;;;. The summed E-state index contributed by atoms with van der Waals surface area (Å²) < 4.78 is 5.38. The van der Waals surface area contributed by atoms with E-state index in [1.54, 1.807) is 18.2 Å². The van der Waals surface area contributed by atoms with Crippen molar-refractivity contribution in [2.45, 2.75) is 34.2 Å². The summed E-state index contributed by atoms with van der Waals surface area (Å²) in [5.74, 6) is -0.0597. The molecule has 0 saturated carbocycles. The van der Waals surface area contributed by atoms with Gasteiger partial charge in [-0.2, -0.15) is 0 Å². The van der Waals surface area contributed by atoms with Crippen LogP contribution < -0.4 is 0 Å². The van der Waals surface area contributed by atoms with Crippen LogP contribution in [0, 0.1) is 0 Å². The number of carboxylic acid groups (broad SMARTS) is 1. The van der Waals surface area contributed by atoms with Gasteiger partial charge in [-0.25, -0.2) is 4.79 Å². The Morgan fingerprint density at radius 1 is 1.10 bits per heavy atom. The second kappa shape index (κ2) is 20.2. The number of carbonyl (C=O) groups is 2. The molecule has 0 heterocycles. The molecule has 0 fully saturated rings. The van der Waals surface area contributed by atoms with Crippen LogP contribution in [0.1, 0.15) is 49.2 Å². The van der Waals surface area contributed by atoms with Gasteiger partial charge in [-0.3, -0.25) is 0 Å². The van der Waals surface area contributed by atoms with Gasteiger partial charge in [0.1, 0.15) is 5.76 Å². The number of allylic oxidation sites excluding steroid dienone is 1. The smallest absolute Gasteiger partial charge is 0.719 e. The van der Waals surface area contributed by atoms with Crippen molar-refractivity contribution in [1.29, 1.82) is 0 Å². The molecule has 1 N–H and O–H groups in total. The molecule has 0 aromatic heterocycles. The van der Waals surface area contributed by atoms with Gasteiger partial charge in [-0.05, 0) is 32.1 Å². The molecule has 0 spiro atoms. The Morgan fingerprint density at radius 2 is 1.71 bits per heavy atom. The first-order valence-corrected chi connectivity index (χ1v) is 11.5. The normalized spacial score (nSPS) is 9.65. The molecule has 31 heavy (non-hydrogen) atoms. The van der Waals surface area contributed by atoms with Gasteiger partial charge in [0.2, 0.25) is 0 Å². The van der Waals surface area contributed by atoms with Crippen LogP contribution in [0.2, 0.25) is 0 Å². The predicted molar refractivity (Wildman–Crippen MR) is 128 cm³/mol. The van der Waals surface area contributed by atoms with Crippen molar-refractivity contribution in [1.82, 2.24) is 0 Å². The van der Waals surface area contributed by atoms with Crippen molar-refractivity contribution in [3.63, 3.8) is 0 Å². The minimum Gasteiger partial charge on any atom is -0.719 e. The Kier molecular flexibility index (Phi) is 20.5. The quantitative estimate of drug-likeness (QED) is 0.216. The van der Waals surface area contributed by atoms with Crippen molar-refractivity contribution in [3.05, 3.63) is 82.7 Å². The maximum absolute atomic E-state index is 11.0. The van der Waals surface area contributed by atoms with Crippen molar-refractivity contribution < 1.29 is 40.5 Å². The molecule has 168 valence electrons. The molecule has 2 rings (SSSR count). The minimum absolute atomic E-state index is 0. The van der Waals surface area contributed by atoms with E-state index in [0.717, 1.165) is 21.9 Å². The summed E-state index contributed by atoms with van der Waals surface area (Å²) in [6.45, 7) is 8.77. The van der Waals surface area contributed by atoms with Gasteiger partial charge in [-0.1, -0.05) is 61.9 Å². The third-order valence-electron chi connectivity index (χ3n) is 3.42. The van der Waals surface area contributed by atoms with Gasteiger partial charge in [0, 0.05) is 11.3 Å². The molecule has 0 radical (unpaired) electrons. The maximum Gasteiger partial charge on any atom is 2.00 e. The molecule has 0 aliphatic heterocycles. The SMILES string of the molecule is C/C=C(\OCC)c1cccc(C(=O)O)c1.CC.O=C(CS[S-])[N-]Cc1ccccc1.[W+2]. The van der Waals surface area contributed by atoms with Gasteiger partial charge in [0.15, 0.2) is 0 Å². The van der Waals surface area contributed by atoms with E-state index >= 15 is 0 Å². The van der Waals surface area contributed by atoms with E-state index in [1.165, 1.54) is 0 Å². The first-order valence-electron chi connectivity index (χ1n) is 9.63. The zero-order valence-electron chi connectivity index (χ0n) is 18.2. The summed E-state index contributed by atoms with van der Waals surface area (Å²) >= 11 is 4.59. The number of hydrogen-bond acceptors (Lipinski definition) is 5. The Bertz CT molecular complexity index is 786. The Balaban J connectivity index is 0. The van der Waals surface area contributed by atoms with Crippen LogP contribution in [0.4, 0.5) is 0 Å². The summed E-state index contributed by atoms with van der Waals surface area (Å²) in [5, 5.41) is 12.7. The number of amides is 1. The average Bonchev–Trinajstić information content (AvgIpc) is 2.79. The number of benzene rings is 2. The molecule has 0 saturated heterocycles. The van der Waals surface area contributed by atoms with Crippen LogP contribution in [-0.4, -0.2) is 29.3 Å². The van der Waals surface area contributed by atoms with E-state index in [9.17, 15) is 9.59 Å². The van der Waals surface area contributed by atoms with Crippen LogP contribution in [0.25, 0.3) is 11.1 Å². The molecule has 0 atom stereocenters. The van der Waals surface area contributed by atoms with Crippen LogP contribution in [-0.2, 0) is 48.8 Å². The number of ether oxygens (including phenoxy) is 1. The monoisotopic (exact) mass is 631 g/mol. The number of hydrogen-bond donors (Lipinski definition) is 1. The third-order valence-corrected chi connectivity index (χ3v) is 4.14. The largest absolute Gasteiger partial charge is 2.00 e. The third kappa shape index (κ3) is 14.1. The molecule has 5 nitrogen and oxygen atoms in total. The zero-order chi connectivity index (χ0) is 22.8. The van der Waals surface area contributed by atoms with Crippen LogP contribution in [0.5, 0.6) is 0 Å². The van der Waals surface area contributed by atoms with Gasteiger partial charge in [0.05, 0.1) is 18.1 Å². The topological polar surface area (TPSA) is 77.7 Å². The number of carboxylic acids is 1. The van der Waals surface area contributed by atoms with Crippen LogP contribution in [0.15, 0.2) is 60.7 Å². The van der Waals surface area contributed by atoms with E-state index < -0.39 is 5.97 Å². The Hall–Kier alpha value is -1.69. The first kappa shape index (κ1) is 31.5. The summed E-state index contributed by atoms with van der Waals surface area (Å²) in [6, 6.07) is 16.4. The molecule has 8 heteroatoms. The summed E-state index contributed by atoms with van der Waals surface area (Å²) in [4.78, 5) is 21.7. The van der Waals surface area contributed by atoms with E-state index in [2.05, 4.69) is 17.0 Å². The minimum atomic E-state index is -0.927. The van der Waals surface area contributed by atoms with Crippen molar-refractivity contribution in [3.8, 4) is 0 Å². The number of carbonyl (C=O) groups excluding carboxylic acids is 1. The molecule has 0 unspecified atom stereocenters. The number of aromatic carboxylic acids is 1. The molecule has 0 bridgehead atoms. The van der Waals surface area contributed by atoms with Crippen molar-refractivity contribution in [2.75, 3.05) is 12.4 Å². The van der Waals surface area contributed by atoms with E-state index in [0.29, 0.717) is 24.7 Å². The van der Waals surface area contributed by atoms with E-state index in [4.69, 9.17) is 9.84 Å². The first-order chi connectivity index (χ1) is 14.5. The van der Waals surface area contributed by atoms with Gasteiger partial charge in [-0.15, -0.1) is 6.54 Å². The average molecular weight is 631 g/mol. The summed E-state index contributed by atoms with van der Waals surface area (Å²) in [5.41, 5.74) is 2.11. The van der Waals surface area contributed by atoms with Gasteiger partial charge < -0.3 is 42.4 Å². The van der Waals surface area contributed by atoms with E-state index in [-0.39, 0.29) is 32.5 Å². The fourth-order valence-corrected chi connectivity index (χ4v) is 2.65. The van der Waals surface area contributed by atoms with Crippen LogP contribution >= 0.6 is 10.8 Å². The predicted octanol–water partition coefficient (Wildman–Crippen LogP) is 6.09. The van der Waals surface area contributed by atoms with Gasteiger partial charge in [0.25, 0.3) is 0 Å². The summed E-state index contributed by atoms with van der Waals surface area (Å²) in [6.07, 6.45) is 1.82. The fourth-order valence-electron chi connectivity index (χ4n) is 2.15. The molecule has 2 aromatic carbocycles. The number of nitrogens with zero attached hydrogens (tertiary/aromatic N) is 1. The molecule has 0 aliphatic carbocycles. The molecule has 2 aromatic rings. The second-order valence-corrected chi connectivity index (χ2v) is 6.66. The Labute approximate surface area is 209 Å². The zero-order valence-corrected chi connectivity index (χ0v) is 22.8. The Morgan fingerprint density at radius 3 is 2.23 bits per heavy atom. The summed E-state index contributed by atoms with van der Waals surface area (Å²) in [7, 11) is 1.08. The molecule has 1 amide bonds. The molecular formula is C23H29NO4S2W. The number of rotatable bonds is 8. The van der Waals surface area contributed by atoms with Crippen molar-refractivity contribution >= 4 is 40.1 Å².